The number of anilines is 1. The minimum atomic E-state index is -0.131. The summed E-state index contributed by atoms with van der Waals surface area (Å²) in [6.45, 7) is 5.10. The first-order valence-electron chi connectivity index (χ1n) is 9.39. The van der Waals surface area contributed by atoms with Crippen LogP contribution >= 0.6 is 0 Å². The van der Waals surface area contributed by atoms with Gasteiger partial charge in [-0.15, -0.1) is 0 Å². The molecule has 1 saturated heterocycles. The molecule has 0 atom stereocenters. The van der Waals surface area contributed by atoms with Gasteiger partial charge in [0, 0.05) is 46.0 Å². The standard InChI is InChI=1S/C20H26N4O3/c1-3-4-9-22(2)18-8-7-16(15-21-18)19(25)23-10-12-24(13-11-23)20(26)17-6-5-14-27-17/h5-8,14-15H,3-4,9-13H2,1-2H3. The minimum Gasteiger partial charge on any atom is -0.459 e. The smallest absolute Gasteiger partial charge is 0.289 e. The Balaban J connectivity index is 1.55. The van der Waals surface area contributed by atoms with E-state index in [2.05, 4.69) is 16.8 Å². The molecule has 2 aromatic rings. The van der Waals surface area contributed by atoms with E-state index in [0.29, 0.717) is 37.5 Å². The van der Waals surface area contributed by atoms with E-state index < -0.39 is 0 Å². The molecule has 7 heteroatoms. The average Bonchev–Trinajstić information content (AvgIpc) is 3.26. The SMILES string of the molecule is CCCCN(C)c1ccc(C(=O)N2CCN(C(=O)c3ccco3)CC2)cn1. The topological polar surface area (TPSA) is 69.9 Å². The van der Waals surface area contributed by atoms with Crippen molar-refractivity contribution >= 4 is 17.6 Å². The number of pyridine rings is 1. The van der Waals surface area contributed by atoms with Crippen molar-refractivity contribution in [1.82, 2.24) is 14.8 Å². The lowest BCUT2D eigenvalue weighted by Gasteiger charge is -2.34. The summed E-state index contributed by atoms with van der Waals surface area (Å²) in [7, 11) is 2.01. The Morgan fingerprint density at radius 2 is 1.81 bits per heavy atom. The monoisotopic (exact) mass is 370 g/mol. The van der Waals surface area contributed by atoms with E-state index >= 15 is 0 Å². The Morgan fingerprint density at radius 3 is 2.37 bits per heavy atom. The molecule has 0 saturated carbocycles. The van der Waals surface area contributed by atoms with Crippen LogP contribution in [0.2, 0.25) is 0 Å². The number of hydrogen-bond donors (Lipinski definition) is 0. The van der Waals surface area contributed by atoms with Crippen molar-refractivity contribution in [3.05, 3.63) is 48.0 Å². The Bertz CT molecular complexity index is 750. The molecule has 3 rings (SSSR count). The number of hydrogen-bond acceptors (Lipinski definition) is 5. The number of carbonyl (C=O) groups excluding carboxylic acids is 2. The maximum Gasteiger partial charge on any atom is 0.289 e. The molecule has 3 heterocycles. The third-order valence-corrected chi connectivity index (χ3v) is 4.82. The predicted molar refractivity (Wildman–Crippen MR) is 103 cm³/mol. The van der Waals surface area contributed by atoms with Gasteiger partial charge >= 0.3 is 0 Å². The zero-order chi connectivity index (χ0) is 19.2. The van der Waals surface area contributed by atoms with Crippen molar-refractivity contribution in [2.45, 2.75) is 19.8 Å². The van der Waals surface area contributed by atoms with Gasteiger partial charge in [0.2, 0.25) is 0 Å². The maximum absolute atomic E-state index is 12.7. The molecular weight excluding hydrogens is 344 g/mol. The lowest BCUT2D eigenvalue weighted by Crippen LogP contribution is -2.50. The van der Waals surface area contributed by atoms with Gasteiger partial charge in [-0.05, 0) is 30.7 Å². The maximum atomic E-state index is 12.7. The highest BCUT2D eigenvalue weighted by molar-refractivity contribution is 5.95. The molecule has 0 unspecified atom stereocenters. The van der Waals surface area contributed by atoms with Crippen molar-refractivity contribution in [1.29, 1.82) is 0 Å². The highest BCUT2D eigenvalue weighted by Crippen LogP contribution is 2.14. The highest BCUT2D eigenvalue weighted by Gasteiger charge is 2.26. The summed E-state index contributed by atoms with van der Waals surface area (Å²) < 4.78 is 5.16. The molecule has 0 N–H and O–H groups in total. The highest BCUT2D eigenvalue weighted by atomic mass is 16.3. The minimum absolute atomic E-state index is 0.0460. The van der Waals surface area contributed by atoms with Crippen LogP contribution in [0.1, 0.15) is 40.7 Å². The first kappa shape index (κ1) is 18.9. The van der Waals surface area contributed by atoms with Gasteiger partial charge in [0.05, 0.1) is 11.8 Å². The summed E-state index contributed by atoms with van der Waals surface area (Å²) in [4.78, 5) is 35.0. The fraction of sp³-hybridized carbons (Fsp3) is 0.450. The number of piperazine rings is 1. The summed E-state index contributed by atoms with van der Waals surface area (Å²) in [5, 5.41) is 0. The summed E-state index contributed by atoms with van der Waals surface area (Å²) in [5.41, 5.74) is 0.577. The van der Waals surface area contributed by atoms with Gasteiger partial charge in [0.1, 0.15) is 5.82 Å². The van der Waals surface area contributed by atoms with E-state index in [9.17, 15) is 9.59 Å². The fourth-order valence-corrected chi connectivity index (χ4v) is 3.10. The van der Waals surface area contributed by atoms with Crippen LogP contribution in [-0.2, 0) is 0 Å². The van der Waals surface area contributed by atoms with Gasteiger partial charge in [0.25, 0.3) is 11.8 Å². The van der Waals surface area contributed by atoms with Crippen molar-refractivity contribution in [3.63, 3.8) is 0 Å². The zero-order valence-electron chi connectivity index (χ0n) is 15.9. The Morgan fingerprint density at radius 1 is 1.11 bits per heavy atom. The van der Waals surface area contributed by atoms with Crippen molar-refractivity contribution in [2.24, 2.45) is 0 Å². The van der Waals surface area contributed by atoms with E-state index in [1.54, 1.807) is 28.1 Å². The number of nitrogens with zero attached hydrogens (tertiary/aromatic N) is 4. The van der Waals surface area contributed by atoms with Crippen LogP contribution in [0.4, 0.5) is 5.82 Å². The van der Waals surface area contributed by atoms with Crippen molar-refractivity contribution in [2.75, 3.05) is 44.7 Å². The van der Waals surface area contributed by atoms with E-state index in [1.165, 1.54) is 6.26 Å². The number of rotatable bonds is 6. The molecule has 0 spiro atoms. The summed E-state index contributed by atoms with van der Waals surface area (Å²) in [6.07, 6.45) is 5.37. The lowest BCUT2D eigenvalue weighted by molar-refractivity contribution is 0.0518. The van der Waals surface area contributed by atoms with E-state index in [-0.39, 0.29) is 11.8 Å². The second-order valence-electron chi connectivity index (χ2n) is 6.74. The quantitative estimate of drug-likeness (QED) is 0.781. The summed E-state index contributed by atoms with van der Waals surface area (Å²) >= 11 is 0. The van der Waals surface area contributed by atoms with Gasteiger partial charge < -0.3 is 19.1 Å². The number of unbranched alkanes of at least 4 members (excludes halogenated alkanes) is 1. The molecule has 7 nitrogen and oxygen atoms in total. The number of amides is 2. The van der Waals surface area contributed by atoms with E-state index in [0.717, 1.165) is 25.2 Å². The second-order valence-corrected chi connectivity index (χ2v) is 6.74. The summed E-state index contributed by atoms with van der Waals surface area (Å²) in [6, 6.07) is 7.07. The van der Waals surface area contributed by atoms with Gasteiger partial charge in [-0.1, -0.05) is 13.3 Å². The molecule has 0 radical (unpaired) electrons. The zero-order valence-corrected chi connectivity index (χ0v) is 15.9. The molecular formula is C20H26N4O3. The molecule has 0 aliphatic carbocycles. The molecule has 2 aromatic heterocycles. The first-order valence-corrected chi connectivity index (χ1v) is 9.39. The van der Waals surface area contributed by atoms with Crippen LogP contribution < -0.4 is 4.90 Å². The largest absolute Gasteiger partial charge is 0.459 e. The average molecular weight is 370 g/mol. The molecule has 0 aromatic carbocycles. The normalized spacial score (nSPS) is 14.3. The molecule has 2 amide bonds. The van der Waals surface area contributed by atoms with Crippen molar-refractivity contribution < 1.29 is 14.0 Å². The van der Waals surface area contributed by atoms with Gasteiger partial charge in [-0.2, -0.15) is 0 Å². The number of carbonyl (C=O) groups is 2. The van der Waals surface area contributed by atoms with Crippen LogP contribution in [0, 0.1) is 0 Å². The molecule has 144 valence electrons. The van der Waals surface area contributed by atoms with Crippen LogP contribution in [0.5, 0.6) is 0 Å². The van der Waals surface area contributed by atoms with Gasteiger partial charge in [-0.25, -0.2) is 4.98 Å². The first-order chi connectivity index (χ1) is 13.1. The molecule has 1 aliphatic heterocycles. The molecule has 0 bridgehead atoms. The Labute approximate surface area is 159 Å². The van der Waals surface area contributed by atoms with Crippen LogP contribution in [0.25, 0.3) is 0 Å². The van der Waals surface area contributed by atoms with Gasteiger partial charge in [0.15, 0.2) is 5.76 Å². The lowest BCUT2D eigenvalue weighted by atomic mass is 10.2. The number of furan rings is 1. The van der Waals surface area contributed by atoms with E-state index in [4.69, 9.17) is 4.42 Å². The Kier molecular flexibility index (Phi) is 6.11. The van der Waals surface area contributed by atoms with Crippen LogP contribution in [0.15, 0.2) is 41.1 Å². The van der Waals surface area contributed by atoms with Crippen LogP contribution in [-0.4, -0.2) is 66.4 Å². The second kappa shape index (κ2) is 8.70. The van der Waals surface area contributed by atoms with Gasteiger partial charge in [-0.3, -0.25) is 9.59 Å². The summed E-state index contributed by atoms with van der Waals surface area (Å²) in [5.74, 6) is 1.03. The van der Waals surface area contributed by atoms with Crippen molar-refractivity contribution in [3.8, 4) is 0 Å². The Hall–Kier alpha value is -2.83. The van der Waals surface area contributed by atoms with E-state index in [1.807, 2.05) is 19.2 Å². The third kappa shape index (κ3) is 4.48. The fourth-order valence-electron chi connectivity index (χ4n) is 3.10. The molecule has 1 fully saturated rings. The molecule has 1 aliphatic rings. The van der Waals surface area contributed by atoms with Crippen LogP contribution in [0.3, 0.4) is 0 Å². The predicted octanol–water partition coefficient (Wildman–Crippen LogP) is 2.51. The molecule has 27 heavy (non-hydrogen) atoms. The third-order valence-electron chi connectivity index (χ3n) is 4.82. The number of aromatic nitrogens is 1.